The second-order valence-electron chi connectivity index (χ2n) is 7.52. The molecule has 2 saturated carbocycles. The van der Waals surface area contributed by atoms with Crippen LogP contribution in [-0.2, 0) is 11.2 Å². The van der Waals surface area contributed by atoms with Crippen molar-refractivity contribution < 1.29 is 4.79 Å². The van der Waals surface area contributed by atoms with Crippen LogP contribution < -0.4 is 11.1 Å². The highest BCUT2D eigenvalue weighted by Gasteiger charge is 2.40. The number of aryl methyl sites for hydroxylation is 1. The zero-order valence-electron chi connectivity index (χ0n) is 14.4. The molecule has 126 valence electrons. The van der Waals surface area contributed by atoms with Gasteiger partial charge in [-0.05, 0) is 62.0 Å². The highest BCUT2D eigenvalue weighted by Crippen LogP contribution is 2.42. The summed E-state index contributed by atoms with van der Waals surface area (Å²) in [4.78, 5) is 12.7. The van der Waals surface area contributed by atoms with Gasteiger partial charge in [0.25, 0.3) is 0 Å². The molecule has 2 aliphatic carbocycles. The Balaban J connectivity index is 1.60. The van der Waals surface area contributed by atoms with E-state index in [0.717, 1.165) is 19.3 Å². The zero-order valence-corrected chi connectivity index (χ0v) is 14.4. The van der Waals surface area contributed by atoms with E-state index in [1.54, 1.807) is 0 Å². The van der Waals surface area contributed by atoms with Crippen LogP contribution in [0.2, 0.25) is 0 Å². The lowest BCUT2D eigenvalue weighted by Crippen LogP contribution is -2.49. The van der Waals surface area contributed by atoms with E-state index in [0.29, 0.717) is 17.9 Å². The predicted molar refractivity (Wildman–Crippen MR) is 93.9 cm³/mol. The predicted octanol–water partition coefficient (Wildman–Crippen LogP) is 3.58. The maximum Gasteiger partial charge on any atom is 0.223 e. The van der Waals surface area contributed by atoms with Gasteiger partial charge in [0.1, 0.15) is 0 Å². The smallest absolute Gasteiger partial charge is 0.223 e. The molecule has 2 fully saturated rings. The molecule has 2 aliphatic rings. The van der Waals surface area contributed by atoms with Crippen molar-refractivity contribution in [3.05, 3.63) is 35.4 Å². The van der Waals surface area contributed by atoms with E-state index in [4.69, 9.17) is 5.73 Å². The lowest BCUT2D eigenvalue weighted by molar-refractivity contribution is -0.128. The molecule has 3 nitrogen and oxygen atoms in total. The topological polar surface area (TPSA) is 55.1 Å². The summed E-state index contributed by atoms with van der Waals surface area (Å²) in [5.74, 6) is 1.48. The number of amides is 1. The van der Waals surface area contributed by atoms with E-state index in [2.05, 4.69) is 43.4 Å². The summed E-state index contributed by atoms with van der Waals surface area (Å²) in [6.07, 6.45) is 6.70. The van der Waals surface area contributed by atoms with Crippen molar-refractivity contribution in [1.82, 2.24) is 5.32 Å². The van der Waals surface area contributed by atoms with Gasteiger partial charge in [0, 0.05) is 12.0 Å². The molecule has 23 heavy (non-hydrogen) atoms. The summed E-state index contributed by atoms with van der Waals surface area (Å²) in [5.41, 5.74) is 8.85. The van der Waals surface area contributed by atoms with Gasteiger partial charge >= 0.3 is 0 Å². The normalized spacial score (nSPS) is 31.4. The molecule has 0 heterocycles. The van der Waals surface area contributed by atoms with Gasteiger partial charge in [-0.3, -0.25) is 4.79 Å². The van der Waals surface area contributed by atoms with Crippen LogP contribution in [0.5, 0.6) is 0 Å². The molecular weight excluding hydrogens is 284 g/mol. The third-order valence-electron chi connectivity index (χ3n) is 6.03. The molecule has 0 aliphatic heterocycles. The van der Waals surface area contributed by atoms with Crippen LogP contribution in [0.25, 0.3) is 0 Å². The van der Waals surface area contributed by atoms with Gasteiger partial charge in [-0.2, -0.15) is 0 Å². The number of benzene rings is 1. The van der Waals surface area contributed by atoms with Gasteiger partial charge < -0.3 is 11.1 Å². The number of hydrogen-bond donors (Lipinski definition) is 2. The number of nitrogens with one attached hydrogen (secondary N) is 1. The van der Waals surface area contributed by atoms with Crippen LogP contribution in [0, 0.1) is 17.8 Å². The first-order valence-corrected chi connectivity index (χ1v) is 9.23. The fraction of sp³-hybridized carbons (Fsp3) is 0.650. The molecule has 2 bridgehead atoms. The largest absolute Gasteiger partial charge is 0.349 e. The quantitative estimate of drug-likeness (QED) is 0.892. The van der Waals surface area contributed by atoms with E-state index in [1.807, 2.05) is 0 Å². The van der Waals surface area contributed by atoms with E-state index in [9.17, 15) is 4.79 Å². The molecule has 3 heteroatoms. The molecule has 0 aromatic heterocycles. The fourth-order valence-electron chi connectivity index (χ4n) is 4.46. The molecule has 0 saturated heterocycles. The van der Waals surface area contributed by atoms with Gasteiger partial charge in [-0.15, -0.1) is 0 Å². The highest BCUT2D eigenvalue weighted by atomic mass is 16.1. The number of hydrogen-bond acceptors (Lipinski definition) is 2. The van der Waals surface area contributed by atoms with Crippen LogP contribution >= 0.6 is 0 Å². The Kier molecular flexibility index (Phi) is 5.05. The van der Waals surface area contributed by atoms with Crippen molar-refractivity contribution in [2.24, 2.45) is 23.5 Å². The zero-order chi connectivity index (χ0) is 16.4. The number of carbonyl (C=O) groups excluding carboxylic acids is 1. The Hall–Kier alpha value is -1.35. The van der Waals surface area contributed by atoms with Crippen LogP contribution in [0.4, 0.5) is 0 Å². The third-order valence-corrected chi connectivity index (χ3v) is 6.03. The molecule has 1 amide bonds. The minimum atomic E-state index is 0.0730. The number of nitrogens with two attached hydrogens (primary N) is 1. The summed E-state index contributed by atoms with van der Waals surface area (Å²) in [5, 5.41) is 3.23. The Morgan fingerprint density at radius 3 is 2.39 bits per heavy atom. The molecule has 3 atom stereocenters. The molecule has 0 spiro atoms. The monoisotopic (exact) mass is 314 g/mol. The highest BCUT2D eigenvalue weighted by molar-refractivity contribution is 5.79. The van der Waals surface area contributed by atoms with Gasteiger partial charge in [-0.25, -0.2) is 0 Å². The van der Waals surface area contributed by atoms with Gasteiger partial charge in [0.15, 0.2) is 0 Å². The summed E-state index contributed by atoms with van der Waals surface area (Å²) < 4.78 is 0. The van der Waals surface area contributed by atoms with Crippen molar-refractivity contribution >= 4 is 5.91 Å². The third kappa shape index (κ3) is 3.60. The Labute approximate surface area is 140 Å². The van der Waals surface area contributed by atoms with Crippen LogP contribution in [0.15, 0.2) is 24.3 Å². The minimum absolute atomic E-state index is 0.0730. The van der Waals surface area contributed by atoms with Crippen molar-refractivity contribution in [3.8, 4) is 0 Å². The second-order valence-corrected chi connectivity index (χ2v) is 7.52. The standard InChI is InChI=1S/C20H30N2O/c1-3-14-7-9-15(10-8-14)13(2)22-20(23)18-11-16-5-4-6-17(12-18)19(16)21/h7-10,13,16-19H,3-6,11-12,21H2,1-2H3,(H,22,23). The second kappa shape index (κ2) is 7.04. The van der Waals surface area contributed by atoms with Crippen molar-refractivity contribution in [2.75, 3.05) is 0 Å². The molecule has 3 N–H and O–H groups in total. The first kappa shape index (κ1) is 16.5. The van der Waals surface area contributed by atoms with E-state index >= 15 is 0 Å². The van der Waals surface area contributed by atoms with Gasteiger partial charge in [0.2, 0.25) is 5.91 Å². The lowest BCUT2D eigenvalue weighted by Gasteiger charge is -2.43. The first-order chi connectivity index (χ1) is 11.1. The van der Waals surface area contributed by atoms with E-state index < -0.39 is 0 Å². The summed E-state index contributed by atoms with van der Waals surface area (Å²) in [6, 6.07) is 8.98. The van der Waals surface area contributed by atoms with Gasteiger partial charge in [-0.1, -0.05) is 37.6 Å². The minimum Gasteiger partial charge on any atom is -0.349 e. The Bertz CT molecular complexity index is 525. The maximum atomic E-state index is 12.7. The van der Waals surface area contributed by atoms with Crippen LogP contribution in [0.3, 0.4) is 0 Å². The SMILES string of the molecule is CCc1ccc(C(C)NC(=O)C2CC3CCCC(C2)C3N)cc1. The van der Waals surface area contributed by atoms with Crippen LogP contribution in [-0.4, -0.2) is 11.9 Å². The van der Waals surface area contributed by atoms with Crippen molar-refractivity contribution in [3.63, 3.8) is 0 Å². The van der Waals surface area contributed by atoms with Crippen molar-refractivity contribution in [1.29, 1.82) is 0 Å². The Morgan fingerprint density at radius 1 is 1.22 bits per heavy atom. The molecule has 3 unspecified atom stereocenters. The van der Waals surface area contributed by atoms with Crippen LogP contribution in [0.1, 0.15) is 63.1 Å². The number of rotatable bonds is 4. The lowest BCUT2D eigenvalue weighted by atomic mass is 9.65. The average molecular weight is 314 g/mol. The molecular formula is C20H30N2O. The van der Waals surface area contributed by atoms with Gasteiger partial charge in [0.05, 0.1) is 6.04 Å². The first-order valence-electron chi connectivity index (χ1n) is 9.23. The summed E-state index contributed by atoms with van der Waals surface area (Å²) in [7, 11) is 0. The van der Waals surface area contributed by atoms with E-state index in [1.165, 1.54) is 30.4 Å². The Morgan fingerprint density at radius 2 is 1.83 bits per heavy atom. The molecule has 1 aromatic carbocycles. The average Bonchev–Trinajstić information content (AvgIpc) is 2.54. The molecule has 1 aromatic rings. The van der Waals surface area contributed by atoms with E-state index in [-0.39, 0.29) is 17.9 Å². The molecule has 3 rings (SSSR count). The number of fused-ring (bicyclic) bond motifs is 2. The van der Waals surface area contributed by atoms with Crippen molar-refractivity contribution in [2.45, 2.75) is 64.5 Å². The summed E-state index contributed by atoms with van der Waals surface area (Å²) >= 11 is 0. The molecule has 0 radical (unpaired) electrons. The fourth-order valence-corrected chi connectivity index (χ4v) is 4.46. The number of carbonyl (C=O) groups is 1. The summed E-state index contributed by atoms with van der Waals surface area (Å²) in [6.45, 7) is 4.24. The maximum absolute atomic E-state index is 12.7.